The Balaban J connectivity index is 1.72. The molecular weight excluding hydrogens is 372 g/mol. The van der Waals surface area contributed by atoms with Crippen LogP contribution in [0.25, 0.3) is 0 Å². The molecule has 0 aromatic rings. The van der Waals surface area contributed by atoms with Crippen LogP contribution in [0.3, 0.4) is 0 Å². The molecule has 2 aliphatic carbocycles. The van der Waals surface area contributed by atoms with Gasteiger partial charge in [-0.25, -0.2) is 22.8 Å². The molecule has 4 aliphatic rings. The molecule has 0 saturated carbocycles. The number of allylic oxidation sites excluding steroid dienone is 4. The van der Waals surface area contributed by atoms with Crippen molar-refractivity contribution >= 4 is 27.7 Å². The molecule has 138 valence electrons. The number of hydrogen-bond donors (Lipinski definition) is 0. The molecule has 1 saturated heterocycles. The highest BCUT2D eigenvalue weighted by molar-refractivity contribution is 7.96. The lowest BCUT2D eigenvalue weighted by Crippen LogP contribution is -2.32. The smallest absolute Gasteiger partial charge is 0.346 e. The molecule has 0 spiro atoms. The molecule has 0 radical (unpaired) electrons. The quantitative estimate of drug-likeness (QED) is 0.521. The van der Waals surface area contributed by atoms with Crippen molar-refractivity contribution in [2.75, 3.05) is 6.61 Å². The number of esters is 3. The molecule has 0 amide bonds. The molecular formula is C19H14O7S. The molecule has 1 fully saturated rings. The van der Waals surface area contributed by atoms with Crippen LogP contribution in [0.4, 0.5) is 0 Å². The van der Waals surface area contributed by atoms with Gasteiger partial charge in [-0.1, -0.05) is 24.3 Å². The number of ether oxygens (including phenoxy) is 2. The van der Waals surface area contributed by atoms with Gasteiger partial charge in [0.25, 0.3) is 0 Å². The van der Waals surface area contributed by atoms with E-state index in [4.69, 9.17) is 4.74 Å². The van der Waals surface area contributed by atoms with Crippen molar-refractivity contribution in [3.63, 3.8) is 0 Å². The summed E-state index contributed by atoms with van der Waals surface area (Å²) >= 11 is 0. The average Bonchev–Trinajstić information content (AvgIpc) is 2.91. The van der Waals surface area contributed by atoms with Crippen LogP contribution in [-0.4, -0.2) is 37.7 Å². The lowest BCUT2D eigenvalue weighted by atomic mass is 10.1. The van der Waals surface area contributed by atoms with Crippen LogP contribution in [-0.2, 0) is 33.7 Å². The molecule has 0 atom stereocenters. The first-order valence-electron chi connectivity index (χ1n) is 8.14. The zero-order valence-corrected chi connectivity index (χ0v) is 15.0. The highest BCUT2D eigenvalue weighted by atomic mass is 32.2. The van der Waals surface area contributed by atoms with Gasteiger partial charge in [0, 0.05) is 16.9 Å². The van der Waals surface area contributed by atoms with E-state index in [-0.39, 0.29) is 29.1 Å². The van der Waals surface area contributed by atoms with E-state index in [9.17, 15) is 22.8 Å². The molecule has 0 aromatic heterocycles. The second-order valence-electron chi connectivity index (χ2n) is 6.58. The highest BCUT2D eigenvalue weighted by Gasteiger charge is 2.41. The monoisotopic (exact) mass is 386 g/mol. The van der Waals surface area contributed by atoms with E-state index in [1.54, 1.807) is 12.2 Å². The van der Waals surface area contributed by atoms with E-state index < -0.39 is 32.5 Å². The Bertz CT molecular complexity index is 1060. The summed E-state index contributed by atoms with van der Waals surface area (Å²) in [5.41, 5.74) is 1.08. The van der Waals surface area contributed by atoms with Crippen LogP contribution in [0.1, 0.15) is 13.3 Å². The van der Waals surface area contributed by atoms with Crippen molar-refractivity contribution < 1.29 is 32.3 Å². The fourth-order valence-corrected chi connectivity index (χ4v) is 4.80. The van der Waals surface area contributed by atoms with Gasteiger partial charge in [-0.3, -0.25) is 0 Å². The summed E-state index contributed by atoms with van der Waals surface area (Å²) in [5.74, 6) is -2.06. The number of cyclic esters (lactones) is 3. The van der Waals surface area contributed by atoms with E-state index in [2.05, 4.69) is 4.74 Å². The minimum Gasteiger partial charge on any atom is -0.457 e. The molecule has 8 heteroatoms. The number of rotatable bonds is 2. The maximum Gasteiger partial charge on any atom is 0.346 e. The lowest BCUT2D eigenvalue weighted by Gasteiger charge is -2.23. The first-order valence-corrected chi connectivity index (χ1v) is 9.62. The van der Waals surface area contributed by atoms with Crippen molar-refractivity contribution in [3.8, 4) is 0 Å². The number of fused-ring (bicyclic) bond motifs is 1. The molecule has 27 heavy (non-hydrogen) atoms. The van der Waals surface area contributed by atoms with Crippen molar-refractivity contribution in [2.45, 2.75) is 18.1 Å². The van der Waals surface area contributed by atoms with Crippen LogP contribution in [0, 0.1) is 0 Å². The molecule has 0 bridgehead atoms. The summed E-state index contributed by atoms with van der Waals surface area (Å²) < 4.78 is 34.6. The number of hydrogen-bond acceptors (Lipinski definition) is 7. The molecule has 0 unspecified atom stereocenters. The predicted octanol–water partition coefficient (Wildman–Crippen LogP) is 1.36. The van der Waals surface area contributed by atoms with Gasteiger partial charge in [0.15, 0.2) is 9.84 Å². The maximum absolute atomic E-state index is 13.3. The van der Waals surface area contributed by atoms with Gasteiger partial charge in [-0.2, -0.15) is 0 Å². The Kier molecular flexibility index (Phi) is 3.71. The van der Waals surface area contributed by atoms with Crippen molar-refractivity contribution in [3.05, 3.63) is 69.7 Å². The maximum atomic E-state index is 13.3. The van der Waals surface area contributed by atoms with Gasteiger partial charge in [0.1, 0.15) is 11.4 Å². The van der Waals surface area contributed by atoms with E-state index in [0.29, 0.717) is 11.1 Å². The second kappa shape index (κ2) is 5.75. The Morgan fingerprint density at radius 3 is 2.22 bits per heavy atom. The SMILES string of the molecule is CC1(S(=O)(=O)C2=CC=C3COC(=O)C3=CC2)C=CC2=C(C=C1)C(=O)OC2=O. The molecule has 7 nitrogen and oxygen atoms in total. The van der Waals surface area contributed by atoms with Crippen LogP contribution < -0.4 is 0 Å². The van der Waals surface area contributed by atoms with Crippen molar-refractivity contribution in [1.29, 1.82) is 0 Å². The van der Waals surface area contributed by atoms with Gasteiger partial charge < -0.3 is 9.47 Å². The van der Waals surface area contributed by atoms with Gasteiger partial charge >= 0.3 is 17.9 Å². The second-order valence-corrected chi connectivity index (χ2v) is 8.99. The van der Waals surface area contributed by atoms with E-state index in [0.717, 1.165) is 0 Å². The van der Waals surface area contributed by atoms with E-state index >= 15 is 0 Å². The van der Waals surface area contributed by atoms with Gasteiger partial charge in [0.05, 0.1) is 16.7 Å². The van der Waals surface area contributed by atoms with Crippen LogP contribution in [0.2, 0.25) is 0 Å². The fourth-order valence-electron chi connectivity index (χ4n) is 3.19. The molecule has 0 aromatic carbocycles. The zero-order chi connectivity index (χ0) is 19.4. The summed E-state index contributed by atoms with van der Waals surface area (Å²) in [6.07, 6.45) is 9.96. The van der Waals surface area contributed by atoms with Crippen molar-refractivity contribution in [2.24, 2.45) is 0 Å². The fraction of sp³-hybridized carbons (Fsp3) is 0.211. The van der Waals surface area contributed by atoms with Crippen LogP contribution in [0.15, 0.2) is 69.7 Å². The minimum absolute atomic E-state index is 0.0338. The van der Waals surface area contributed by atoms with E-state index in [1.807, 2.05) is 0 Å². The summed E-state index contributed by atoms with van der Waals surface area (Å²) in [4.78, 5) is 35.2. The van der Waals surface area contributed by atoms with Crippen LogP contribution >= 0.6 is 0 Å². The topological polar surface area (TPSA) is 104 Å². The molecule has 0 N–H and O–H groups in total. The molecule has 2 heterocycles. The summed E-state index contributed by atoms with van der Waals surface area (Å²) in [5, 5.41) is 0. The Morgan fingerprint density at radius 2 is 1.59 bits per heavy atom. The van der Waals surface area contributed by atoms with Crippen LogP contribution in [0.5, 0.6) is 0 Å². The average molecular weight is 386 g/mol. The summed E-state index contributed by atoms with van der Waals surface area (Å²) in [6.45, 7) is 1.60. The standard InChI is InChI=1S/C19H14O7S/c1-19(8-6-14-15(7-9-19)18(22)26-17(14)21)27(23,24)12-3-2-11-10-25-16(20)13(11)5-4-12/h2-3,5-9H,4,10H2,1H3. The third kappa shape index (κ3) is 2.56. The normalized spacial score (nSPS) is 23.6. The van der Waals surface area contributed by atoms with Crippen molar-refractivity contribution in [1.82, 2.24) is 0 Å². The van der Waals surface area contributed by atoms with E-state index in [1.165, 1.54) is 37.3 Å². The lowest BCUT2D eigenvalue weighted by molar-refractivity contribution is -0.150. The highest BCUT2D eigenvalue weighted by Crippen LogP contribution is 2.36. The Morgan fingerprint density at radius 1 is 0.963 bits per heavy atom. The van der Waals surface area contributed by atoms with Gasteiger partial charge in [0.2, 0.25) is 0 Å². The van der Waals surface area contributed by atoms with Gasteiger partial charge in [-0.05, 0) is 25.2 Å². The zero-order valence-electron chi connectivity index (χ0n) is 14.2. The largest absolute Gasteiger partial charge is 0.457 e. The third-order valence-corrected chi connectivity index (χ3v) is 7.33. The molecule has 4 rings (SSSR count). The van der Waals surface area contributed by atoms with Gasteiger partial charge in [-0.15, -0.1) is 0 Å². The number of sulfone groups is 1. The first-order chi connectivity index (χ1) is 12.7. The molecule has 2 aliphatic heterocycles. The first kappa shape index (κ1) is 17.4. The number of carbonyl (C=O) groups excluding carboxylic acids is 3. The minimum atomic E-state index is -3.89. The number of carbonyl (C=O) groups is 3. The third-order valence-electron chi connectivity index (χ3n) is 4.90. The Labute approximate surface area is 154 Å². The summed E-state index contributed by atoms with van der Waals surface area (Å²) in [6, 6.07) is 0. The summed E-state index contributed by atoms with van der Waals surface area (Å²) in [7, 11) is -3.89. The Hall–Kier alpha value is -3.00. The predicted molar refractivity (Wildman–Crippen MR) is 93.6 cm³/mol.